The molecular formula is C17H29N3O3S. The molecule has 0 saturated heterocycles. The zero-order chi connectivity index (χ0) is 18.2. The second kappa shape index (κ2) is 9.76. The van der Waals surface area contributed by atoms with E-state index in [-0.39, 0.29) is 10.8 Å². The molecule has 24 heavy (non-hydrogen) atoms. The maximum atomic E-state index is 12.4. The SMILES string of the molecule is CCN(CC)CCNC(=O)c1ccc(S(=O)(=O)N(CC)CC)cc1. The Morgan fingerprint density at radius 1 is 0.958 bits per heavy atom. The van der Waals surface area contributed by atoms with Crippen LogP contribution in [0.4, 0.5) is 0 Å². The van der Waals surface area contributed by atoms with Crippen molar-refractivity contribution in [1.29, 1.82) is 0 Å². The highest BCUT2D eigenvalue weighted by Gasteiger charge is 2.21. The fourth-order valence-corrected chi connectivity index (χ4v) is 3.92. The summed E-state index contributed by atoms with van der Waals surface area (Å²) in [5.74, 6) is -0.186. The van der Waals surface area contributed by atoms with Crippen LogP contribution in [0, 0.1) is 0 Å². The minimum Gasteiger partial charge on any atom is -0.351 e. The Morgan fingerprint density at radius 3 is 1.96 bits per heavy atom. The lowest BCUT2D eigenvalue weighted by Gasteiger charge is -2.19. The number of amides is 1. The molecule has 1 N–H and O–H groups in total. The minimum absolute atomic E-state index is 0.186. The summed E-state index contributed by atoms with van der Waals surface area (Å²) in [6.45, 7) is 11.9. The quantitative estimate of drug-likeness (QED) is 0.695. The van der Waals surface area contributed by atoms with Crippen molar-refractivity contribution in [2.45, 2.75) is 32.6 Å². The van der Waals surface area contributed by atoms with Crippen molar-refractivity contribution in [2.24, 2.45) is 0 Å². The molecule has 0 heterocycles. The van der Waals surface area contributed by atoms with Gasteiger partial charge < -0.3 is 10.2 Å². The molecule has 1 aromatic rings. The van der Waals surface area contributed by atoms with Gasteiger partial charge in [-0.15, -0.1) is 0 Å². The molecule has 1 amide bonds. The summed E-state index contributed by atoms with van der Waals surface area (Å²) in [5, 5.41) is 2.86. The van der Waals surface area contributed by atoms with Gasteiger partial charge in [-0.3, -0.25) is 4.79 Å². The van der Waals surface area contributed by atoms with E-state index in [1.807, 2.05) is 0 Å². The van der Waals surface area contributed by atoms with E-state index >= 15 is 0 Å². The van der Waals surface area contributed by atoms with Gasteiger partial charge in [-0.1, -0.05) is 27.7 Å². The predicted octanol–water partition coefficient (Wildman–Crippen LogP) is 1.79. The van der Waals surface area contributed by atoms with Crippen molar-refractivity contribution in [1.82, 2.24) is 14.5 Å². The molecule has 0 aliphatic heterocycles. The third-order valence-corrected chi connectivity index (χ3v) is 6.13. The predicted molar refractivity (Wildman–Crippen MR) is 96.7 cm³/mol. The minimum atomic E-state index is -3.48. The van der Waals surface area contributed by atoms with Crippen molar-refractivity contribution in [3.05, 3.63) is 29.8 Å². The molecule has 1 rings (SSSR count). The Labute approximate surface area is 145 Å². The number of benzene rings is 1. The van der Waals surface area contributed by atoms with E-state index in [0.717, 1.165) is 19.6 Å². The highest BCUT2D eigenvalue weighted by atomic mass is 32.2. The summed E-state index contributed by atoms with van der Waals surface area (Å²) in [7, 11) is -3.48. The number of hydrogen-bond acceptors (Lipinski definition) is 4. The van der Waals surface area contributed by atoms with E-state index in [2.05, 4.69) is 24.1 Å². The lowest BCUT2D eigenvalue weighted by Crippen LogP contribution is -2.34. The number of nitrogens with one attached hydrogen (secondary N) is 1. The van der Waals surface area contributed by atoms with Crippen molar-refractivity contribution in [3.63, 3.8) is 0 Å². The number of sulfonamides is 1. The Morgan fingerprint density at radius 2 is 1.50 bits per heavy atom. The van der Waals surface area contributed by atoms with Crippen LogP contribution in [-0.4, -0.2) is 62.8 Å². The van der Waals surface area contributed by atoms with Gasteiger partial charge in [0.1, 0.15) is 0 Å². The molecule has 0 aromatic heterocycles. The Hall–Kier alpha value is -1.44. The fourth-order valence-electron chi connectivity index (χ4n) is 2.46. The smallest absolute Gasteiger partial charge is 0.251 e. The first-order chi connectivity index (χ1) is 11.4. The molecule has 136 valence electrons. The zero-order valence-corrected chi connectivity index (χ0v) is 15.9. The van der Waals surface area contributed by atoms with Gasteiger partial charge in [-0.05, 0) is 37.4 Å². The third-order valence-electron chi connectivity index (χ3n) is 4.07. The van der Waals surface area contributed by atoms with Gasteiger partial charge in [0.15, 0.2) is 0 Å². The molecule has 0 aliphatic rings. The summed E-state index contributed by atoms with van der Waals surface area (Å²) in [6, 6.07) is 6.10. The molecule has 1 aromatic carbocycles. The van der Waals surface area contributed by atoms with Gasteiger partial charge in [-0.25, -0.2) is 8.42 Å². The third kappa shape index (κ3) is 5.29. The molecule has 7 heteroatoms. The van der Waals surface area contributed by atoms with Gasteiger partial charge in [0.25, 0.3) is 5.91 Å². The van der Waals surface area contributed by atoms with Crippen molar-refractivity contribution < 1.29 is 13.2 Å². The molecule has 0 spiro atoms. The van der Waals surface area contributed by atoms with Crippen molar-refractivity contribution in [2.75, 3.05) is 39.3 Å². The van der Waals surface area contributed by atoms with Crippen LogP contribution in [0.3, 0.4) is 0 Å². The zero-order valence-electron chi connectivity index (χ0n) is 15.1. The first kappa shape index (κ1) is 20.6. The van der Waals surface area contributed by atoms with Crippen LogP contribution in [0.1, 0.15) is 38.1 Å². The van der Waals surface area contributed by atoms with E-state index in [1.165, 1.54) is 16.4 Å². The number of carbonyl (C=O) groups is 1. The normalized spacial score (nSPS) is 11.9. The summed E-state index contributed by atoms with van der Waals surface area (Å²) < 4.78 is 26.2. The first-order valence-corrected chi connectivity index (χ1v) is 9.95. The van der Waals surface area contributed by atoms with Crippen molar-refractivity contribution >= 4 is 15.9 Å². The molecule has 0 bridgehead atoms. The number of likely N-dealkylation sites (N-methyl/N-ethyl adjacent to an activating group) is 1. The lowest BCUT2D eigenvalue weighted by atomic mass is 10.2. The molecule has 0 fully saturated rings. The summed E-state index contributed by atoms with van der Waals surface area (Å²) in [5.41, 5.74) is 0.466. The Balaban J connectivity index is 2.72. The highest BCUT2D eigenvalue weighted by molar-refractivity contribution is 7.89. The first-order valence-electron chi connectivity index (χ1n) is 8.51. The topological polar surface area (TPSA) is 69.7 Å². The van der Waals surface area contributed by atoms with Gasteiger partial charge in [0, 0.05) is 31.7 Å². The second-order valence-electron chi connectivity index (χ2n) is 5.40. The number of carbonyl (C=O) groups excluding carboxylic acids is 1. The van der Waals surface area contributed by atoms with Crippen LogP contribution in [0.15, 0.2) is 29.2 Å². The average Bonchev–Trinajstić information content (AvgIpc) is 2.59. The molecule has 6 nitrogen and oxygen atoms in total. The highest BCUT2D eigenvalue weighted by Crippen LogP contribution is 2.16. The molecule has 0 saturated carbocycles. The Kier molecular flexibility index (Phi) is 8.38. The van der Waals surface area contributed by atoms with Crippen LogP contribution in [-0.2, 0) is 10.0 Å². The second-order valence-corrected chi connectivity index (χ2v) is 7.33. The number of hydrogen-bond donors (Lipinski definition) is 1. The van der Waals surface area contributed by atoms with Crippen LogP contribution in [0.25, 0.3) is 0 Å². The van der Waals surface area contributed by atoms with E-state index in [4.69, 9.17) is 0 Å². The van der Waals surface area contributed by atoms with E-state index in [0.29, 0.717) is 25.2 Å². The Bertz CT molecular complexity index is 606. The van der Waals surface area contributed by atoms with Crippen molar-refractivity contribution in [3.8, 4) is 0 Å². The van der Waals surface area contributed by atoms with Crippen LogP contribution in [0.2, 0.25) is 0 Å². The largest absolute Gasteiger partial charge is 0.351 e. The standard InChI is InChI=1S/C17H29N3O3S/c1-5-19(6-2)14-13-18-17(21)15-9-11-16(12-10-15)24(22,23)20(7-3)8-4/h9-12H,5-8,13-14H2,1-4H3,(H,18,21). The molecule has 0 atom stereocenters. The van der Waals surface area contributed by atoms with Crippen LogP contribution >= 0.6 is 0 Å². The maximum absolute atomic E-state index is 12.4. The van der Waals surface area contributed by atoms with Gasteiger partial charge in [0.05, 0.1) is 4.90 Å². The maximum Gasteiger partial charge on any atom is 0.251 e. The summed E-state index contributed by atoms with van der Waals surface area (Å²) in [4.78, 5) is 14.6. The van der Waals surface area contributed by atoms with Crippen LogP contribution < -0.4 is 5.32 Å². The van der Waals surface area contributed by atoms with E-state index in [1.54, 1.807) is 26.0 Å². The lowest BCUT2D eigenvalue weighted by molar-refractivity contribution is 0.0949. The average molecular weight is 356 g/mol. The monoisotopic (exact) mass is 355 g/mol. The summed E-state index contributed by atoms with van der Waals surface area (Å²) in [6.07, 6.45) is 0. The van der Waals surface area contributed by atoms with Gasteiger partial charge >= 0.3 is 0 Å². The molecule has 0 radical (unpaired) electrons. The van der Waals surface area contributed by atoms with E-state index < -0.39 is 10.0 Å². The molecule has 0 unspecified atom stereocenters. The van der Waals surface area contributed by atoms with Crippen LogP contribution in [0.5, 0.6) is 0 Å². The van der Waals surface area contributed by atoms with Gasteiger partial charge in [0.2, 0.25) is 10.0 Å². The van der Waals surface area contributed by atoms with Gasteiger partial charge in [-0.2, -0.15) is 4.31 Å². The molecule has 0 aliphatic carbocycles. The number of rotatable bonds is 10. The number of nitrogens with zero attached hydrogens (tertiary/aromatic N) is 2. The fraction of sp³-hybridized carbons (Fsp3) is 0.588. The molecular weight excluding hydrogens is 326 g/mol. The van der Waals surface area contributed by atoms with E-state index in [9.17, 15) is 13.2 Å². The summed E-state index contributed by atoms with van der Waals surface area (Å²) >= 11 is 0.